The Bertz CT molecular complexity index is 503. The van der Waals surface area contributed by atoms with Gasteiger partial charge in [-0.05, 0) is 25.7 Å². The first kappa shape index (κ1) is 14.2. The predicted molar refractivity (Wildman–Crippen MR) is 80.1 cm³/mol. The van der Waals surface area contributed by atoms with Gasteiger partial charge in [0.25, 0.3) is 0 Å². The Labute approximate surface area is 119 Å². The van der Waals surface area contributed by atoms with E-state index in [1.165, 1.54) is 15.3 Å². The summed E-state index contributed by atoms with van der Waals surface area (Å²) in [5, 5.41) is 7.56. The van der Waals surface area contributed by atoms with Crippen molar-refractivity contribution in [3.8, 4) is 0 Å². The second-order valence-corrected chi connectivity index (χ2v) is 6.10. The minimum absolute atomic E-state index is 0.939. The van der Waals surface area contributed by atoms with Crippen molar-refractivity contribution < 1.29 is 0 Å². The van der Waals surface area contributed by atoms with Crippen LogP contribution in [0.4, 0.5) is 0 Å². The van der Waals surface area contributed by atoms with Crippen LogP contribution >= 0.6 is 11.3 Å². The van der Waals surface area contributed by atoms with Gasteiger partial charge in [0.15, 0.2) is 0 Å². The zero-order valence-corrected chi connectivity index (χ0v) is 12.7. The summed E-state index contributed by atoms with van der Waals surface area (Å²) in [5.41, 5.74) is 1.26. The SMILES string of the molecule is CCNCc1ccc(CN(C)Cc2cnn(C)c2)s1. The number of aryl methyl sites for hydroxylation is 1. The molecule has 2 aromatic heterocycles. The second kappa shape index (κ2) is 6.84. The minimum Gasteiger partial charge on any atom is -0.312 e. The molecule has 0 saturated carbocycles. The molecule has 19 heavy (non-hydrogen) atoms. The fourth-order valence-corrected chi connectivity index (χ4v) is 3.11. The Balaban J connectivity index is 1.84. The summed E-state index contributed by atoms with van der Waals surface area (Å²) in [6, 6.07) is 4.46. The maximum atomic E-state index is 4.20. The highest BCUT2D eigenvalue weighted by atomic mass is 32.1. The maximum Gasteiger partial charge on any atom is 0.0534 e. The molecule has 0 bridgehead atoms. The molecule has 0 unspecified atom stereocenters. The van der Waals surface area contributed by atoms with Crippen molar-refractivity contribution >= 4 is 11.3 Å². The molecule has 5 heteroatoms. The molecule has 0 amide bonds. The molecule has 0 radical (unpaired) electrons. The lowest BCUT2D eigenvalue weighted by Gasteiger charge is -2.14. The van der Waals surface area contributed by atoms with Gasteiger partial charge in [-0.15, -0.1) is 11.3 Å². The quantitative estimate of drug-likeness (QED) is 0.843. The molecule has 0 spiro atoms. The molecule has 2 aromatic rings. The van der Waals surface area contributed by atoms with Gasteiger partial charge < -0.3 is 5.32 Å². The van der Waals surface area contributed by atoms with Crippen LogP contribution in [-0.4, -0.2) is 28.3 Å². The van der Waals surface area contributed by atoms with Gasteiger partial charge in [0.1, 0.15) is 0 Å². The van der Waals surface area contributed by atoms with Gasteiger partial charge >= 0.3 is 0 Å². The Kier molecular flexibility index (Phi) is 5.13. The highest BCUT2D eigenvalue weighted by Crippen LogP contribution is 2.18. The van der Waals surface area contributed by atoms with E-state index in [1.807, 2.05) is 29.3 Å². The van der Waals surface area contributed by atoms with Crippen LogP contribution in [0.15, 0.2) is 24.5 Å². The number of thiophene rings is 1. The van der Waals surface area contributed by atoms with Crippen molar-refractivity contribution in [3.05, 3.63) is 39.8 Å². The molecule has 2 rings (SSSR count). The number of aromatic nitrogens is 2. The molecular weight excluding hydrogens is 256 g/mol. The molecule has 0 aliphatic heterocycles. The van der Waals surface area contributed by atoms with Crippen LogP contribution in [0.3, 0.4) is 0 Å². The normalized spacial score (nSPS) is 11.4. The van der Waals surface area contributed by atoms with E-state index in [4.69, 9.17) is 0 Å². The number of hydrogen-bond acceptors (Lipinski definition) is 4. The standard InChI is InChI=1S/C14H22N4S/c1-4-15-8-13-5-6-14(19-13)11-17(2)9-12-7-16-18(3)10-12/h5-7,10,15H,4,8-9,11H2,1-3H3. The average molecular weight is 278 g/mol. The first-order chi connectivity index (χ1) is 9.17. The van der Waals surface area contributed by atoms with Crippen LogP contribution in [0.2, 0.25) is 0 Å². The van der Waals surface area contributed by atoms with Crippen LogP contribution in [0.1, 0.15) is 22.2 Å². The summed E-state index contributed by atoms with van der Waals surface area (Å²) >= 11 is 1.89. The van der Waals surface area contributed by atoms with E-state index in [9.17, 15) is 0 Å². The molecule has 1 N–H and O–H groups in total. The number of nitrogens with zero attached hydrogens (tertiary/aromatic N) is 3. The van der Waals surface area contributed by atoms with Crippen molar-refractivity contribution in [2.75, 3.05) is 13.6 Å². The average Bonchev–Trinajstić information content (AvgIpc) is 2.96. The van der Waals surface area contributed by atoms with E-state index in [0.29, 0.717) is 0 Å². The fourth-order valence-electron chi connectivity index (χ4n) is 2.04. The molecule has 0 saturated heterocycles. The van der Waals surface area contributed by atoms with Crippen molar-refractivity contribution in [3.63, 3.8) is 0 Å². The van der Waals surface area contributed by atoms with Gasteiger partial charge in [0.05, 0.1) is 6.20 Å². The fraction of sp³-hybridized carbons (Fsp3) is 0.500. The molecule has 0 aliphatic rings. The van der Waals surface area contributed by atoms with E-state index >= 15 is 0 Å². The molecule has 0 fully saturated rings. The molecular formula is C14H22N4S. The van der Waals surface area contributed by atoms with Crippen molar-refractivity contribution in [2.24, 2.45) is 7.05 Å². The van der Waals surface area contributed by atoms with Gasteiger partial charge in [-0.1, -0.05) is 6.92 Å². The van der Waals surface area contributed by atoms with E-state index in [-0.39, 0.29) is 0 Å². The smallest absolute Gasteiger partial charge is 0.0534 e. The van der Waals surface area contributed by atoms with Crippen LogP contribution < -0.4 is 5.32 Å². The first-order valence-corrected chi connectivity index (χ1v) is 7.43. The third-order valence-electron chi connectivity index (χ3n) is 2.90. The number of hydrogen-bond donors (Lipinski definition) is 1. The highest BCUT2D eigenvalue weighted by Gasteiger charge is 2.06. The summed E-state index contributed by atoms with van der Waals surface area (Å²) in [4.78, 5) is 5.14. The summed E-state index contributed by atoms with van der Waals surface area (Å²) in [5.74, 6) is 0. The third-order valence-corrected chi connectivity index (χ3v) is 3.97. The Hall–Kier alpha value is -1.17. The molecule has 0 atom stereocenters. The van der Waals surface area contributed by atoms with Crippen LogP contribution in [0, 0.1) is 0 Å². The highest BCUT2D eigenvalue weighted by molar-refractivity contribution is 7.11. The largest absolute Gasteiger partial charge is 0.312 e. The van der Waals surface area contributed by atoms with E-state index < -0.39 is 0 Å². The Morgan fingerprint density at radius 1 is 1.32 bits per heavy atom. The van der Waals surface area contributed by atoms with Gasteiger partial charge in [-0.2, -0.15) is 5.10 Å². The number of nitrogens with one attached hydrogen (secondary N) is 1. The van der Waals surface area contributed by atoms with E-state index in [1.54, 1.807) is 0 Å². The predicted octanol–water partition coefficient (Wildman–Crippen LogP) is 2.22. The molecule has 0 aliphatic carbocycles. The van der Waals surface area contributed by atoms with Gasteiger partial charge in [-0.25, -0.2) is 0 Å². The summed E-state index contributed by atoms with van der Waals surface area (Å²) in [6.45, 7) is 6.07. The van der Waals surface area contributed by atoms with Gasteiger partial charge in [0, 0.05) is 48.2 Å². The minimum atomic E-state index is 0.939. The summed E-state index contributed by atoms with van der Waals surface area (Å²) < 4.78 is 1.85. The second-order valence-electron chi connectivity index (χ2n) is 4.84. The Morgan fingerprint density at radius 2 is 2.11 bits per heavy atom. The van der Waals surface area contributed by atoms with E-state index in [0.717, 1.165) is 26.2 Å². The summed E-state index contributed by atoms with van der Waals surface area (Å²) in [7, 11) is 4.10. The first-order valence-electron chi connectivity index (χ1n) is 6.61. The van der Waals surface area contributed by atoms with Gasteiger partial charge in [-0.3, -0.25) is 9.58 Å². The number of rotatable bonds is 7. The summed E-state index contributed by atoms with van der Waals surface area (Å²) in [6.07, 6.45) is 4.00. The van der Waals surface area contributed by atoms with Crippen LogP contribution in [-0.2, 0) is 26.7 Å². The van der Waals surface area contributed by atoms with E-state index in [2.05, 4.69) is 47.6 Å². The maximum absolute atomic E-state index is 4.20. The molecule has 104 valence electrons. The monoisotopic (exact) mass is 278 g/mol. The van der Waals surface area contributed by atoms with Crippen LogP contribution in [0.25, 0.3) is 0 Å². The lowest BCUT2D eigenvalue weighted by molar-refractivity contribution is 0.322. The van der Waals surface area contributed by atoms with Crippen molar-refractivity contribution in [1.82, 2.24) is 20.0 Å². The van der Waals surface area contributed by atoms with Crippen LogP contribution in [0.5, 0.6) is 0 Å². The van der Waals surface area contributed by atoms with Crippen molar-refractivity contribution in [2.45, 2.75) is 26.6 Å². The molecule has 0 aromatic carbocycles. The molecule has 2 heterocycles. The third kappa shape index (κ3) is 4.45. The lowest BCUT2D eigenvalue weighted by atomic mass is 10.3. The Morgan fingerprint density at radius 3 is 2.79 bits per heavy atom. The zero-order valence-electron chi connectivity index (χ0n) is 11.9. The van der Waals surface area contributed by atoms with Crippen molar-refractivity contribution in [1.29, 1.82) is 0 Å². The lowest BCUT2D eigenvalue weighted by Crippen LogP contribution is -2.16. The topological polar surface area (TPSA) is 33.1 Å². The molecule has 4 nitrogen and oxygen atoms in total. The van der Waals surface area contributed by atoms with Gasteiger partial charge in [0.2, 0.25) is 0 Å². The zero-order chi connectivity index (χ0) is 13.7.